The zero-order valence-corrected chi connectivity index (χ0v) is 18.7. The molecule has 1 aromatic carbocycles. The second kappa shape index (κ2) is 10.6. The Balaban J connectivity index is 2.33. The van der Waals surface area contributed by atoms with E-state index in [9.17, 15) is 41.0 Å². The number of aromatic nitrogens is 2. The molecule has 2 aromatic rings. The third-order valence-corrected chi connectivity index (χ3v) is 5.11. The third kappa shape index (κ3) is 7.57. The number of carbonyl (C=O) groups excluding carboxylic acids is 1. The van der Waals surface area contributed by atoms with Crippen molar-refractivity contribution in [3.05, 3.63) is 53.1 Å². The van der Waals surface area contributed by atoms with Gasteiger partial charge in [0.25, 0.3) is 0 Å². The molecule has 34 heavy (non-hydrogen) atoms. The highest BCUT2D eigenvalue weighted by molar-refractivity contribution is 5.83. The number of Topliss-reactive ketones (excluding diaryl/α,β-unsaturated/α-hetero) is 1. The summed E-state index contributed by atoms with van der Waals surface area (Å²) < 4.78 is 80.1. The first kappa shape index (κ1) is 27.4. The number of aliphatic carboxylic acids is 1. The molecule has 2 atom stereocenters. The van der Waals surface area contributed by atoms with Crippen LogP contribution in [0, 0.1) is 5.92 Å². The second-order valence-corrected chi connectivity index (χ2v) is 8.48. The number of ketones is 1. The van der Waals surface area contributed by atoms with E-state index in [1.165, 1.54) is 24.0 Å². The van der Waals surface area contributed by atoms with Crippen molar-refractivity contribution in [1.82, 2.24) is 14.9 Å². The van der Waals surface area contributed by atoms with E-state index in [-0.39, 0.29) is 35.4 Å². The molecular weight excluding hydrogens is 468 g/mol. The Hall–Kier alpha value is -2.89. The van der Waals surface area contributed by atoms with Crippen LogP contribution in [0.3, 0.4) is 0 Å². The number of hydrogen-bond donors (Lipinski definition) is 2. The number of imidazole rings is 1. The number of carboxylic acids is 1. The fraction of sp³-hybridized carbons (Fsp3) is 0.500. The number of hydrogen-bond acceptors (Lipinski definition) is 4. The maximum absolute atomic E-state index is 13.1. The van der Waals surface area contributed by atoms with Crippen molar-refractivity contribution >= 4 is 11.8 Å². The quantitative estimate of drug-likeness (QED) is 0.475. The molecule has 1 aromatic heterocycles. The summed E-state index contributed by atoms with van der Waals surface area (Å²) in [6.45, 7) is 4.67. The molecule has 0 spiro atoms. The largest absolute Gasteiger partial charge is 0.480 e. The Morgan fingerprint density at radius 1 is 1.03 bits per heavy atom. The predicted octanol–water partition coefficient (Wildman–Crippen LogP) is 4.56. The van der Waals surface area contributed by atoms with Crippen LogP contribution in [0.15, 0.2) is 30.7 Å². The summed E-state index contributed by atoms with van der Waals surface area (Å²) in [6, 6.07) is -0.689. The number of benzene rings is 1. The van der Waals surface area contributed by atoms with Gasteiger partial charge in [0, 0.05) is 24.9 Å². The summed E-state index contributed by atoms with van der Waals surface area (Å²) in [7, 11) is 0. The summed E-state index contributed by atoms with van der Waals surface area (Å²) in [4.78, 5) is 27.6. The highest BCUT2D eigenvalue weighted by atomic mass is 19.4. The molecule has 0 bridgehead atoms. The Labute approximate surface area is 192 Å². The van der Waals surface area contributed by atoms with Crippen molar-refractivity contribution < 1.29 is 41.0 Å². The zero-order chi connectivity index (χ0) is 25.8. The fourth-order valence-corrected chi connectivity index (χ4v) is 3.46. The Kier molecular flexibility index (Phi) is 8.51. The van der Waals surface area contributed by atoms with E-state index in [4.69, 9.17) is 0 Å². The van der Waals surface area contributed by atoms with E-state index >= 15 is 0 Å². The lowest BCUT2D eigenvalue weighted by molar-refractivity contribution is -0.143. The van der Waals surface area contributed by atoms with Gasteiger partial charge in [-0.25, -0.2) is 4.98 Å². The van der Waals surface area contributed by atoms with E-state index in [1.54, 1.807) is 0 Å². The van der Waals surface area contributed by atoms with Crippen LogP contribution in [-0.4, -0.2) is 38.5 Å². The van der Waals surface area contributed by atoms with Gasteiger partial charge in [0.2, 0.25) is 0 Å². The second-order valence-electron chi connectivity index (χ2n) is 8.48. The van der Waals surface area contributed by atoms with Gasteiger partial charge in [0.05, 0.1) is 23.5 Å². The SMILES string of the molecule is CC(=O)C(CC(C)C)NC(Cc1cncn1Cc1cc(C(F)(F)F)cc(C(F)(F)F)c1)C(=O)O. The first-order chi connectivity index (χ1) is 15.6. The van der Waals surface area contributed by atoms with E-state index in [0.29, 0.717) is 18.6 Å². The van der Waals surface area contributed by atoms with Gasteiger partial charge in [-0.1, -0.05) is 13.8 Å². The van der Waals surface area contributed by atoms with Crippen LogP contribution in [0.5, 0.6) is 0 Å². The van der Waals surface area contributed by atoms with E-state index in [1.807, 2.05) is 13.8 Å². The number of rotatable bonds is 10. The standard InChI is InChI=1S/C22H25F6N3O3/c1-12(2)4-18(13(3)32)30-19(20(33)34)8-17-9-29-11-31(17)10-14-5-15(21(23,24)25)7-16(6-14)22(26,27)28/h5-7,9,11-12,18-19,30H,4,8,10H2,1-3H3,(H,33,34). The Morgan fingerprint density at radius 3 is 2.03 bits per heavy atom. The maximum Gasteiger partial charge on any atom is 0.416 e. The number of nitrogens with one attached hydrogen (secondary N) is 1. The van der Waals surface area contributed by atoms with Gasteiger partial charge >= 0.3 is 18.3 Å². The average Bonchev–Trinajstić information content (AvgIpc) is 3.11. The summed E-state index contributed by atoms with van der Waals surface area (Å²) >= 11 is 0. The van der Waals surface area contributed by atoms with E-state index < -0.39 is 48.1 Å². The average molecular weight is 493 g/mol. The highest BCUT2D eigenvalue weighted by Gasteiger charge is 2.37. The van der Waals surface area contributed by atoms with E-state index in [0.717, 1.165) is 0 Å². The predicted molar refractivity (Wildman–Crippen MR) is 110 cm³/mol. The van der Waals surface area contributed by atoms with Crippen LogP contribution in [-0.2, 0) is 34.9 Å². The molecule has 2 N–H and O–H groups in total. The lowest BCUT2D eigenvalue weighted by atomic mass is 9.99. The minimum Gasteiger partial charge on any atom is -0.480 e. The van der Waals surface area contributed by atoms with Gasteiger partial charge in [0.15, 0.2) is 0 Å². The monoisotopic (exact) mass is 493 g/mol. The zero-order valence-electron chi connectivity index (χ0n) is 18.7. The first-order valence-electron chi connectivity index (χ1n) is 10.3. The molecule has 0 amide bonds. The van der Waals surface area contributed by atoms with Crippen LogP contribution in [0.25, 0.3) is 0 Å². The summed E-state index contributed by atoms with van der Waals surface area (Å²) in [6.07, 6.45) is -7.29. The van der Waals surface area contributed by atoms with Gasteiger partial charge < -0.3 is 9.67 Å². The van der Waals surface area contributed by atoms with Crippen LogP contribution >= 0.6 is 0 Å². The van der Waals surface area contributed by atoms with Gasteiger partial charge in [0.1, 0.15) is 11.8 Å². The molecule has 2 unspecified atom stereocenters. The van der Waals surface area contributed by atoms with Crippen LogP contribution in [0.4, 0.5) is 26.3 Å². The van der Waals surface area contributed by atoms with Crippen LogP contribution in [0.2, 0.25) is 0 Å². The number of alkyl halides is 6. The van der Waals surface area contributed by atoms with Crippen LogP contribution < -0.4 is 5.32 Å². The van der Waals surface area contributed by atoms with Gasteiger partial charge in [-0.3, -0.25) is 14.9 Å². The summed E-state index contributed by atoms with van der Waals surface area (Å²) in [5, 5.41) is 12.4. The van der Waals surface area contributed by atoms with Crippen LogP contribution in [0.1, 0.15) is 49.6 Å². The Morgan fingerprint density at radius 2 is 1.59 bits per heavy atom. The number of carboxylic acid groups (broad SMARTS) is 1. The van der Waals surface area contributed by atoms with Gasteiger partial charge in [-0.15, -0.1) is 0 Å². The minimum absolute atomic E-state index is 0.0410. The molecule has 12 heteroatoms. The molecule has 1 heterocycles. The number of nitrogens with zero attached hydrogens (tertiary/aromatic N) is 2. The molecule has 0 fully saturated rings. The van der Waals surface area contributed by atoms with Crippen molar-refractivity contribution in [2.45, 2.75) is 64.6 Å². The summed E-state index contributed by atoms with van der Waals surface area (Å²) in [5.41, 5.74) is -2.90. The molecule has 0 saturated carbocycles. The molecule has 0 aliphatic heterocycles. The minimum atomic E-state index is -4.98. The fourth-order valence-electron chi connectivity index (χ4n) is 3.46. The van der Waals surface area contributed by atoms with Crippen molar-refractivity contribution in [2.75, 3.05) is 0 Å². The third-order valence-electron chi connectivity index (χ3n) is 5.11. The number of halogens is 6. The molecule has 0 saturated heterocycles. The van der Waals surface area contributed by atoms with Crippen molar-refractivity contribution in [1.29, 1.82) is 0 Å². The maximum atomic E-state index is 13.1. The molecule has 188 valence electrons. The molecular formula is C22H25F6N3O3. The Bertz CT molecular complexity index is 982. The first-order valence-corrected chi connectivity index (χ1v) is 10.3. The van der Waals surface area contributed by atoms with E-state index in [2.05, 4.69) is 10.3 Å². The highest BCUT2D eigenvalue weighted by Crippen LogP contribution is 2.36. The number of carbonyl (C=O) groups is 2. The smallest absolute Gasteiger partial charge is 0.416 e. The van der Waals surface area contributed by atoms with Gasteiger partial charge in [-0.05, 0) is 43.0 Å². The van der Waals surface area contributed by atoms with Crippen molar-refractivity contribution in [2.24, 2.45) is 5.92 Å². The molecule has 6 nitrogen and oxygen atoms in total. The summed E-state index contributed by atoms with van der Waals surface area (Å²) in [5.74, 6) is -1.41. The molecule has 0 aliphatic rings. The lowest BCUT2D eigenvalue weighted by Gasteiger charge is -2.23. The lowest BCUT2D eigenvalue weighted by Crippen LogP contribution is -2.48. The molecule has 0 aliphatic carbocycles. The topological polar surface area (TPSA) is 84.2 Å². The molecule has 0 radical (unpaired) electrons. The van der Waals surface area contributed by atoms with Gasteiger partial charge in [-0.2, -0.15) is 26.3 Å². The van der Waals surface area contributed by atoms with Crippen molar-refractivity contribution in [3.63, 3.8) is 0 Å². The normalized spacial score (nSPS) is 14.3. The van der Waals surface area contributed by atoms with Crippen molar-refractivity contribution in [3.8, 4) is 0 Å². The molecule has 2 rings (SSSR count).